The molecule has 190 valence electrons. The quantitative estimate of drug-likeness (QED) is 0.368. The number of halogens is 5. The van der Waals surface area contributed by atoms with E-state index in [-0.39, 0.29) is 22.0 Å². The molecule has 5 nitrogen and oxygen atoms in total. The van der Waals surface area contributed by atoms with E-state index in [9.17, 15) is 22.8 Å². The molecular weight excluding hydrogens is 593 g/mol. The summed E-state index contributed by atoms with van der Waals surface area (Å²) in [5.74, 6) is -0.776. The molecule has 0 aliphatic carbocycles. The summed E-state index contributed by atoms with van der Waals surface area (Å²) in [7, 11) is 1.59. The van der Waals surface area contributed by atoms with Crippen LogP contribution in [0.4, 0.5) is 18.0 Å². The van der Waals surface area contributed by atoms with Gasteiger partial charge in [-0.05, 0) is 63.1 Å². The SMILES string of the molecule is CN(C(=O)c1cc(Br)cc(C(F)(F)F)c1)[C@@H]1CCN(C(=O)OC(C)(C)C)C[C@H]1c1ccc(Br)cc1. The molecule has 2 amide bonds. The zero-order valence-electron chi connectivity index (χ0n) is 19.8. The van der Waals surface area contributed by atoms with Gasteiger partial charge < -0.3 is 14.5 Å². The van der Waals surface area contributed by atoms with Gasteiger partial charge in [-0.2, -0.15) is 13.2 Å². The fourth-order valence-electron chi connectivity index (χ4n) is 4.16. The largest absolute Gasteiger partial charge is 0.444 e. The Labute approximate surface area is 219 Å². The Hall–Kier alpha value is -2.07. The Morgan fingerprint density at radius 1 is 1.03 bits per heavy atom. The second-order valence-corrected chi connectivity index (χ2v) is 11.4. The maximum atomic E-state index is 13.3. The third-order valence-electron chi connectivity index (χ3n) is 5.82. The number of hydrogen-bond donors (Lipinski definition) is 0. The van der Waals surface area contributed by atoms with Gasteiger partial charge in [-0.25, -0.2) is 4.79 Å². The van der Waals surface area contributed by atoms with Crippen molar-refractivity contribution < 1.29 is 27.5 Å². The highest BCUT2D eigenvalue weighted by Gasteiger charge is 2.38. The van der Waals surface area contributed by atoms with Crippen molar-refractivity contribution in [1.29, 1.82) is 0 Å². The average molecular weight is 620 g/mol. The Bertz CT molecular complexity index is 1080. The van der Waals surface area contributed by atoms with Crippen molar-refractivity contribution in [3.8, 4) is 0 Å². The van der Waals surface area contributed by atoms with Gasteiger partial charge in [0.15, 0.2) is 0 Å². The van der Waals surface area contributed by atoms with E-state index in [1.54, 1.807) is 32.7 Å². The molecule has 0 unspecified atom stereocenters. The van der Waals surface area contributed by atoms with Crippen LogP contribution in [0.5, 0.6) is 0 Å². The first kappa shape index (κ1) is 27.5. The standard InChI is InChI=1S/C25H27Br2F3N2O3/c1-24(2,3)35-23(34)32-10-9-21(20(14-32)15-5-7-18(26)8-6-15)31(4)22(33)16-11-17(25(28,29)30)13-19(27)12-16/h5-8,11-13,20-21H,9-10,14H2,1-4H3/t20-,21+/m0/s1. The van der Waals surface area contributed by atoms with Crippen LogP contribution in [-0.2, 0) is 10.9 Å². The molecule has 3 rings (SSSR count). The number of carbonyl (C=O) groups excluding carboxylic acids is 2. The molecule has 1 heterocycles. The predicted molar refractivity (Wildman–Crippen MR) is 134 cm³/mol. The van der Waals surface area contributed by atoms with E-state index in [1.807, 2.05) is 24.3 Å². The molecule has 1 aliphatic rings. The Morgan fingerprint density at radius 2 is 1.66 bits per heavy atom. The van der Waals surface area contributed by atoms with Gasteiger partial charge in [-0.3, -0.25) is 4.79 Å². The molecule has 2 atom stereocenters. The van der Waals surface area contributed by atoms with E-state index in [0.717, 1.165) is 22.2 Å². The first-order chi connectivity index (χ1) is 16.2. The molecule has 0 radical (unpaired) electrons. The van der Waals surface area contributed by atoms with Crippen molar-refractivity contribution in [2.75, 3.05) is 20.1 Å². The van der Waals surface area contributed by atoms with Crippen LogP contribution in [-0.4, -0.2) is 53.6 Å². The molecular formula is C25H27Br2F3N2O3. The number of nitrogens with zero attached hydrogens (tertiary/aromatic N) is 2. The van der Waals surface area contributed by atoms with Crippen molar-refractivity contribution >= 4 is 43.9 Å². The minimum absolute atomic E-state index is 0.0571. The van der Waals surface area contributed by atoms with Crippen LogP contribution in [0.15, 0.2) is 51.4 Å². The fourth-order valence-corrected chi connectivity index (χ4v) is 4.92. The van der Waals surface area contributed by atoms with Gasteiger partial charge in [0, 0.05) is 46.6 Å². The monoisotopic (exact) mass is 618 g/mol. The molecule has 0 N–H and O–H groups in total. The van der Waals surface area contributed by atoms with Crippen molar-refractivity contribution in [2.45, 2.75) is 50.9 Å². The van der Waals surface area contributed by atoms with Gasteiger partial charge in [0.05, 0.1) is 5.56 Å². The van der Waals surface area contributed by atoms with E-state index < -0.39 is 29.3 Å². The summed E-state index contributed by atoms with van der Waals surface area (Å²) in [5.41, 5.74) is -0.687. The molecule has 2 aromatic rings. The average Bonchev–Trinajstić information content (AvgIpc) is 2.76. The van der Waals surface area contributed by atoms with Crippen molar-refractivity contribution in [1.82, 2.24) is 9.80 Å². The van der Waals surface area contributed by atoms with E-state index in [0.29, 0.717) is 19.5 Å². The number of piperidine rings is 1. The molecule has 0 bridgehead atoms. The lowest BCUT2D eigenvalue weighted by atomic mass is 9.85. The second kappa shape index (κ2) is 10.5. The molecule has 10 heteroatoms. The lowest BCUT2D eigenvalue weighted by Crippen LogP contribution is -2.52. The molecule has 0 aromatic heterocycles. The summed E-state index contributed by atoms with van der Waals surface area (Å²) < 4.78 is 46.6. The number of likely N-dealkylation sites (tertiary alicyclic amines) is 1. The molecule has 1 fully saturated rings. The Balaban J connectivity index is 1.91. The lowest BCUT2D eigenvalue weighted by Gasteiger charge is -2.43. The van der Waals surface area contributed by atoms with Gasteiger partial charge in [-0.15, -0.1) is 0 Å². The molecule has 0 spiro atoms. The van der Waals surface area contributed by atoms with Crippen LogP contribution < -0.4 is 0 Å². The highest BCUT2D eigenvalue weighted by molar-refractivity contribution is 9.10. The van der Waals surface area contributed by atoms with Crippen molar-refractivity contribution in [3.63, 3.8) is 0 Å². The van der Waals surface area contributed by atoms with Gasteiger partial charge in [0.1, 0.15) is 5.60 Å². The summed E-state index contributed by atoms with van der Waals surface area (Å²) in [6.45, 7) is 6.05. The fraction of sp³-hybridized carbons (Fsp3) is 0.440. The number of benzene rings is 2. The zero-order chi connectivity index (χ0) is 26.1. The highest BCUT2D eigenvalue weighted by Crippen LogP contribution is 2.35. The first-order valence-corrected chi connectivity index (χ1v) is 12.6. The molecule has 2 aromatic carbocycles. The minimum atomic E-state index is -4.57. The van der Waals surface area contributed by atoms with Crippen LogP contribution in [0.2, 0.25) is 0 Å². The predicted octanol–water partition coefficient (Wildman–Crippen LogP) is 7.10. The van der Waals surface area contributed by atoms with Gasteiger partial charge in [0.25, 0.3) is 5.91 Å². The third kappa shape index (κ3) is 7.00. The highest BCUT2D eigenvalue weighted by atomic mass is 79.9. The maximum Gasteiger partial charge on any atom is 0.416 e. The van der Waals surface area contributed by atoms with Crippen LogP contribution in [0.25, 0.3) is 0 Å². The van der Waals surface area contributed by atoms with Crippen LogP contribution in [0.1, 0.15) is 54.6 Å². The lowest BCUT2D eigenvalue weighted by molar-refractivity contribution is -0.137. The van der Waals surface area contributed by atoms with Crippen LogP contribution in [0.3, 0.4) is 0 Å². The Kier molecular flexibility index (Phi) is 8.26. The normalized spacial score (nSPS) is 18.8. The number of hydrogen-bond acceptors (Lipinski definition) is 3. The number of likely N-dealkylation sites (N-methyl/N-ethyl adjacent to an activating group) is 1. The topological polar surface area (TPSA) is 49.9 Å². The summed E-state index contributed by atoms with van der Waals surface area (Å²) in [4.78, 5) is 29.2. The number of amides is 2. The summed E-state index contributed by atoms with van der Waals surface area (Å²) >= 11 is 6.51. The maximum absolute atomic E-state index is 13.3. The summed E-state index contributed by atoms with van der Waals surface area (Å²) in [5, 5.41) is 0. The van der Waals surface area contributed by atoms with E-state index in [2.05, 4.69) is 31.9 Å². The molecule has 1 saturated heterocycles. The molecule has 35 heavy (non-hydrogen) atoms. The van der Waals surface area contributed by atoms with Crippen LogP contribution >= 0.6 is 31.9 Å². The van der Waals surface area contributed by atoms with E-state index in [4.69, 9.17) is 4.74 Å². The van der Waals surface area contributed by atoms with Gasteiger partial charge >= 0.3 is 12.3 Å². The summed E-state index contributed by atoms with van der Waals surface area (Å²) in [6, 6.07) is 10.5. The third-order valence-corrected chi connectivity index (χ3v) is 6.80. The van der Waals surface area contributed by atoms with Crippen molar-refractivity contribution in [2.24, 2.45) is 0 Å². The smallest absolute Gasteiger partial charge is 0.416 e. The number of ether oxygens (including phenoxy) is 1. The number of alkyl halides is 3. The minimum Gasteiger partial charge on any atom is -0.444 e. The molecule has 0 saturated carbocycles. The van der Waals surface area contributed by atoms with Crippen LogP contribution in [0, 0.1) is 0 Å². The molecule has 1 aliphatic heterocycles. The van der Waals surface area contributed by atoms with Gasteiger partial charge in [0.2, 0.25) is 0 Å². The first-order valence-electron chi connectivity index (χ1n) is 11.0. The number of carbonyl (C=O) groups is 2. The van der Waals surface area contributed by atoms with Gasteiger partial charge in [-0.1, -0.05) is 44.0 Å². The Morgan fingerprint density at radius 3 is 2.23 bits per heavy atom. The zero-order valence-corrected chi connectivity index (χ0v) is 23.0. The summed E-state index contributed by atoms with van der Waals surface area (Å²) in [6.07, 6.45) is -4.56. The van der Waals surface area contributed by atoms with E-state index >= 15 is 0 Å². The number of rotatable bonds is 3. The van der Waals surface area contributed by atoms with E-state index in [1.165, 1.54) is 11.0 Å². The second-order valence-electron chi connectivity index (χ2n) is 9.58. The van der Waals surface area contributed by atoms with Crippen molar-refractivity contribution in [3.05, 3.63) is 68.1 Å².